The summed E-state index contributed by atoms with van der Waals surface area (Å²) in [5.74, 6) is -0.0254. The van der Waals surface area contributed by atoms with Crippen LogP contribution in [0.5, 0.6) is 0 Å². The summed E-state index contributed by atoms with van der Waals surface area (Å²) in [6.45, 7) is 5.23. The van der Waals surface area contributed by atoms with Crippen LogP contribution < -0.4 is 9.80 Å². The molecular formula is C19H21N3O2. The third kappa shape index (κ3) is 2.65. The van der Waals surface area contributed by atoms with Crippen molar-refractivity contribution >= 4 is 17.3 Å². The maximum absolute atomic E-state index is 13.1. The number of nitrogens with zero attached hydrogens (tertiary/aromatic N) is 3. The summed E-state index contributed by atoms with van der Waals surface area (Å²) >= 11 is 0. The highest BCUT2D eigenvalue weighted by Crippen LogP contribution is 2.33. The van der Waals surface area contributed by atoms with Crippen LogP contribution in [0.15, 0.2) is 42.6 Å². The van der Waals surface area contributed by atoms with E-state index in [-0.39, 0.29) is 11.9 Å². The number of hydrogen-bond donors (Lipinski definition) is 0. The number of amides is 1. The Morgan fingerprint density at radius 2 is 2.00 bits per heavy atom. The van der Waals surface area contributed by atoms with Crippen molar-refractivity contribution in [1.82, 2.24) is 4.98 Å². The molecule has 4 rings (SSSR count). The Balaban J connectivity index is 1.63. The van der Waals surface area contributed by atoms with Crippen LogP contribution in [0.25, 0.3) is 0 Å². The molecule has 5 nitrogen and oxygen atoms in total. The van der Waals surface area contributed by atoms with Crippen molar-refractivity contribution in [2.45, 2.75) is 19.4 Å². The van der Waals surface area contributed by atoms with Crippen molar-refractivity contribution in [3.8, 4) is 0 Å². The molecule has 0 radical (unpaired) electrons. The molecule has 0 bridgehead atoms. The van der Waals surface area contributed by atoms with Crippen molar-refractivity contribution in [3.63, 3.8) is 0 Å². The zero-order valence-electron chi connectivity index (χ0n) is 13.8. The van der Waals surface area contributed by atoms with E-state index < -0.39 is 0 Å². The molecule has 0 saturated carbocycles. The molecule has 3 heterocycles. The summed E-state index contributed by atoms with van der Waals surface area (Å²) in [5, 5.41) is 0. The minimum Gasteiger partial charge on any atom is -0.378 e. The summed E-state index contributed by atoms with van der Waals surface area (Å²) in [7, 11) is 0. The molecule has 2 aliphatic heterocycles. The Hall–Kier alpha value is -2.40. The molecule has 5 heteroatoms. The predicted molar refractivity (Wildman–Crippen MR) is 93.7 cm³/mol. The first-order valence-electron chi connectivity index (χ1n) is 8.44. The molecule has 124 valence electrons. The van der Waals surface area contributed by atoms with Crippen LogP contribution in [-0.4, -0.2) is 43.2 Å². The molecule has 2 aromatic rings. The Morgan fingerprint density at radius 1 is 1.21 bits per heavy atom. The van der Waals surface area contributed by atoms with Crippen molar-refractivity contribution < 1.29 is 9.53 Å². The fourth-order valence-electron chi connectivity index (χ4n) is 3.55. The van der Waals surface area contributed by atoms with Gasteiger partial charge in [-0.25, -0.2) is 0 Å². The van der Waals surface area contributed by atoms with Crippen molar-refractivity contribution in [2.24, 2.45) is 0 Å². The van der Waals surface area contributed by atoms with Gasteiger partial charge in [-0.15, -0.1) is 0 Å². The minimum atomic E-state index is -0.0254. The normalized spacial score (nSPS) is 20.1. The van der Waals surface area contributed by atoms with Crippen LogP contribution >= 0.6 is 0 Å². The van der Waals surface area contributed by atoms with Gasteiger partial charge in [-0.1, -0.05) is 18.2 Å². The van der Waals surface area contributed by atoms with Crippen LogP contribution in [0.3, 0.4) is 0 Å². The van der Waals surface area contributed by atoms with E-state index in [4.69, 9.17) is 4.74 Å². The molecule has 24 heavy (non-hydrogen) atoms. The van der Waals surface area contributed by atoms with E-state index in [2.05, 4.69) is 22.9 Å². The van der Waals surface area contributed by atoms with Gasteiger partial charge in [-0.2, -0.15) is 0 Å². The Bertz CT molecular complexity index is 756. The monoisotopic (exact) mass is 323 g/mol. The first kappa shape index (κ1) is 15.1. The van der Waals surface area contributed by atoms with Gasteiger partial charge in [0, 0.05) is 36.7 Å². The van der Waals surface area contributed by atoms with Crippen molar-refractivity contribution in [2.75, 3.05) is 36.1 Å². The predicted octanol–water partition coefficient (Wildman–Crippen LogP) is 2.51. The number of benzene rings is 1. The number of hydrogen-bond acceptors (Lipinski definition) is 4. The SMILES string of the molecule is CC1Cc2ccccc2N1C(=O)c1cc(N2CCOCC2)ccn1. The molecule has 1 unspecified atom stereocenters. The minimum absolute atomic E-state index is 0.0254. The smallest absolute Gasteiger partial charge is 0.277 e. The summed E-state index contributed by atoms with van der Waals surface area (Å²) in [6, 6.07) is 12.1. The van der Waals surface area contributed by atoms with Gasteiger partial charge in [0.05, 0.1) is 13.2 Å². The van der Waals surface area contributed by atoms with E-state index in [1.165, 1.54) is 5.56 Å². The van der Waals surface area contributed by atoms with Gasteiger partial charge in [0.1, 0.15) is 5.69 Å². The number of para-hydroxylation sites is 1. The van der Waals surface area contributed by atoms with Crippen LogP contribution in [0.4, 0.5) is 11.4 Å². The van der Waals surface area contributed by atoms with E-state index in [1.54, 1.807) is 6.20 Å². The zero-order valence-corrected chi connectivity index (χ0v) is 13.8. The highest BCUT2D eigenvalue weighted by molar-refractivity contribution is 6.07. The van der Waals surface area contributed by atoms with Crippen LogP contribution in [0.1, 0.15) is 23.0 Å². The first-order chi connectivity index (χ1) is 11.7. The lowest BCUT2D eigenvalue weighted by molar-refractivity contribution is 0.0976. The fourth-order valence-corrected chi connectivity index (χ4v) is 3.55. The zero-order chi connectivity index (χ0) is 16.5. The number of rotatable bonds is 2. The molecular weight excluding hydrogens is 302 g/mol. The lowest BCUT2D eigenvalue weighted by atomic mass is 10.1. The maximum atomic E-state index is 13.1. The van der Waals surface area contributed by atoms with Crippen LogP contribution in [0.2, 0.25) is 0 Å². The van der Waals surface area contributed by atoms with Gasteiger partial charge in [0.25, 0.3) is 5.91 Å². The molecule has 0 N–H and O–H groups in total. The topological polar surface area (TPSA) is 45.7 Å². The molecule has 1 amide bonds. The first-order valence-corrected chi connectivity index (χ1v) is 8.44. The number of ether oxygens (including phenoxy) is 1. The lowest BCUT2D eigenvalue weighted by Gasteiger charge is -2.29. The highest BCUT2D eigenvalue weighted by atomic mass is 16.5. The number of morpholine rings is 1. The Kier molecular flexibility index (Phi) is 3.94. The van der Waals surface area contributed by atoms with E-state index in [1.807, 2.05) is 35.2 Å². The van der Waals surface area contributed by atoms with E-state index >= 15 is 0 Å². The third-order valence-corrected chi connectivity index (χ3v) is 4.76. The number of aromatic nitrogens is 1. The molecule has 1 saturated heterocycles. The second-order valence-corrected chi connectivity index (χ2v) is 6.36. The molecule has 1 aromatic heterocycles. The quantitative estimate of drug-likeness (QED) is 0.852. The maximum Gasteiger partial charge on any atom is 0.277 e. The van der Waals surface area contributed by atoms with Gasteiger partial charge in [-0.3, -0.25) is 9.78 Å². The number of fused-ring (bicyclic) bond motifs is 1. The standard InChI is InChI=1S/C19H21N3O2/c1-14-12-15-4-2-3-5-18(15)22(14)19(23)17-13-16(6-7-20-17)21-8-10-24-11-9-21/h2-7,13-14H,8-12H2,1H3. The summed E-state index contributed by atoms with van der Waals surface area (Å²) < 4.78 is 5.40. The fraction of sp³-hybridized carbons (Fsp3) is 0.368. The number of anilines is 2. The van der Waals surface area contributed by atoms with E-state index in [9.17, 15) is 4.79 Å². The second kappa shape index (κ2) is 6.24. The summed E-state index contributed by atoms with van der Waals surface area (Å²) in [5.41, 5.74) is 3.77. The van der Waals surface area contributed by atoms with Gasteiger partial charge >= 0.3 is 0 Å². The van der Waals surface area contributed by atoms with Crippen molar-refractivity contribution in [3.05, 3.63) is 53.9 Å². The molecule has 2 aliphatic rings. The van der Waals surface area contributed by atoms with Crippen molar-refractivity contribution in [1.29, 1.82) is 0 Å². The molecule has 0 aliphatic carbocycles. The second-order valence-electron chi connectivity index (χ2n) is 6.36. The van der Waals surface area contributed by atoms with Crippen LogP contribution in [0, 0.1) is 0 Å². The van der Waals surface area contributed by atoms with Gasteiger partial charge in [0.15, 0.2) is 0 Å². The number of pyridine rings is 1. The number of carbonyl (C=O) groups is 1. The van der Waals surface area contributed by atoms with E-state index in [0.717, 1.165) is 44.1 Å². The Morgan fingerprint density at radius 3 is 2.83 bits per heavy atom. The number of carbonyl (C=O) groups excluding carboxylic acids is 1. The Labute approximate surface area is 141 Å². The molecule has 1 fully saturated rings. The molecule has 1 aromatic carbocycles. The summed E-state index contributed by atoms with van der Waals surface area (Å²) in [6.07, 6.45) is 2.62. The highest BCUT2D eigenvalue weighted by Gasteiger charge is 2.32. The lowest BCUT2D eigenvalue weighted by Crippen LogP contribution is -2.38. The van der Waals surface area contributed by atoms with Crippen LogP contribution in [-0.2, 0) is 11.2 Å². The molecule has 0 spiro atoms. The van der Waals surface area contributed by atoms with Gasteiger partial charge in [-0.05, 0) is 37.1 Å². The van der Waals surface area contributed by atoms with Gasteiger partial charge < -0.3 is 14.5 Å². The summed E-state index contributed by atoms with van der Waals surface area (Å²) in [4.78, 5) is 21.5. The average molecular weight is 323 g/mol. The third-order valence-electron chi connectivity index (χ3n) is 4.76. The average Bonchev–Trinajstić information content (AvgIpc) is 2.97. The largest absolute Gasteiger partial charge is 0.378 e. The van der Waals surface area contributed by atoms with E-state index in [0.29, 0.717) is 5.69 Å². The molecule has 1 atom stereocenters. The van der Waals surface area contributed by atoms with Gasteiger partial charge in [0.2, 0.25) is 0 Å².